The van der Waals surface area contributed by atoms with E-state index < -0.39 is 0 Å². The lowest BCUT2D eigenvalue weighted by Crippen LogP contribution is -2.49. The topological polar surface area (TPSA) is 44.2 Å². The Labute approximate surface area is 228 Å². The van der Waals surface area contributed by atoms with E-state index in [9.17, 15) is 9.18 Å². The van der Waals surface area contributed by atoms with E-state index in [0.717, 1.165) is 67.8 Å². The molecule has 7 nitrogen and oxygen atoms in total. The van der Waals surface area contributed by atoms with E-state index in [1.807, 2.05) is 33.7 Å². The van der Waals surface area contributed by atoms with E-state index in [1.54, 1.807) is 19.2 Å². The molecule has 9 heteroatoms. The lowest BCUT2D eigenvalue weighted by molar-refractivity contribution is 0.0733. The monoisotopic (exact) mass is 539 g/mol. The van der Waals surface area contributed by atoms with E-state index in [0.29, 0.717) is 31.9 Å². The number of anilines is 2. The highest BCUT2D eigenvalue weighted by Crippen LogP contribution is 2.26. The lowest BCUT2D eigenvalue weighted by Gasteiger charge is -2.36. The molecule has 3 aromatic rings. The number of halogens is 2. The molecule has 2 aromatic carbocycles. The molecular formula is C29H35ClFN5O2. The fourth-order valence-corrected chi connectivity index (χ4v) is 5.56. The van der Waals surface area contributed by atoms with Crippen LogP contribution in [-0.4, -0.2) is 86.3 Å². The quantitative estimate of drug-likeness (QED) is 0.429. The maximum absolute atomic E-state index is 13.6. The molecule has 0 radical (unpaired) electrons. The highest BCUT2D eigenvalue weighted by molar-refractivity contribution is 6.33. The zero-order valence-electron chi connectivity index (χ0n) is 21.9. The van der Waals surface area contributed by atoms with Gasteiger partial charge in [0, 0.05) is 84.4 Å². The van der Waals surface area contributed by atoms with Gasteiger partial charge in [-0.2, -0.15) is 0 Å². The van der Waals surface area contributed by atoms with Crippen molar-refractivity contribution >= 4 is 28.9 Å². The number of hydrogen-bond acceptors (Lipinski definition) is 5. The molecule has 0 aliphatic carbocycles. The number of ether oxygens (including phenoxy) is 1. The summed E-state index contributed by atoms with van der Waals surface area (Å²) in [6.45, 7) is 8.38. The molecule has 3 heterocycles. The largest absolute Gasteiger partial charge is 0.383 e. The lowest BCUT2D eigenvalue weighted by atomic mass is 10.2. The summed E-state index contributed by atoms with van der Waals surface area (Å²) in [6, 6.07) is 16.6. The minimum atomic E-state index is -0.238. The number of amides is 1. The number of para-hydroxylation sites is 1. The number of nitrogens with zero attached hydrogens (tertiary/aromatic N) is 5. The molecule has 1 aromatic heterocycles. The second-order valence-electron chi connectivity index (χ2n) is 9.89. The molecule has 2 aliphatic rings. The molecule has 2 fully saturated rings. The number of benzene rings is 2. The first kappa shape index (κ1) is 26.5. The van der Waals surface area contributed by atoms with Crippen molar-refractivity contribution in [1.29, 1.82) is 0 Å². The molecule has 1 amide bonds. The van der Waals surface area contributed by atoms with Crippen LogP contribution in [0.1, 0.15) is 16.1 Å². The molecule has 0 unspecified atom stereocenters. The van der Waals surface area contributed by atoms with Gasteiger partial charge in [0.05, 0.1) is 17.3 Å². The van der Waals surface area contributed by atoms with Gasteiger partial charge in [0.2, 0.25) is 0 Å². The first-order valence-electron chi connectivity index (χ1n) is 13.2. The molecule has 0 saturated carbocycles. The SMILES string of the molecule is COCCn1cc(CN2CCN(c3ccccc3Cl)CC2)cc1C(=O)N1CCN(c2ccc(F)cc2)CC1. The molecule has 0 spiro atoms. The van der Waals surface area contributed by atoms with Gasteiger partial charge in [-0.05, 0) is 48.0 Å². The number of rotatable bonds is 8. The highest BCUT2D eigenvalue weighted by Gasteiger charge is 2.26. The second-order valence-corrected chi connectivity index (χ2v) is 10.3. The van der Waals surface area contributed by atoms with Crippen LogP contribution in [0, 0.1) is 5.82 Å². The van der Waals surface area contributed by atoms with Crippen LogP contribution < -0.4 is 9.80 Å². The van der Waals surface area contributed by atoms with Gasteiger partial charge in [-0.1, -0.05) is 23.7 Å². The molecule has 0 N–H and O–H groups in total. The normalized spacial score (nSPS) is 16.8. The summed E-state index contributed by atoms with van der Waals surface area (Å²) in [5, 5.41) is 0.790. The molecule has 5 rings (SSSR count). The van der Waals surface area contributed by atoms with Crippen molar-refractivity contribution in [3.05, 3.63) is 82.9 Å². The van der Waals surface area contributed by atoms with E-state index >= 15 is 0 Å². The third kappa shape index (κ3) is 6.14. The number of carbonyl (C=O) groups is 1. The Morgan fingerprint density at radius 1 is 0.921 bits per heavy atom. The minimum absolute atomic E-state index is 0.0506. The Morgan fingerprint density at radius 3 is 2.29 bits per heavy atom. The Morgan fingerprint density at radius 2 is 1.61 bits per heavy atom. The third-order valence-corrected chi connectivity index (χ3v) is 7.76. The number of hydrogen-bond donors (Lipinski definition) is 0. The summed E-state index contributed by atoms with van der Waals surface area (Å²) in [5.41, 5.74) is 3.92. The summed E-state index contributed by atoms with van der Waals surface area (Å²) in [4.78, 5) is 22.5. The van der Waals surface area contributed by atoms with Crippen LogP contribution in [-0.2, 0) is 17.8 Å². The number of aromatic nitrogens is 1. The van der Waals surface area contributed by atoms with E-state index in [1.165, 1.54) is 12.1 Å². The van der Waals surface area contributed by atoms with Gasteiger partial charge in [-0.3, -0.25) is 9.69 Å². The Kier molecular flexibility index (Phi) is 8.51. The van der Waals surface area contributed by atoms with Crippen LogP contribution in [0.25, 0.3) is 0 Å². The fourth-order valence-electron chi connectivity index (χ4n) is 5.31. The summed E-state index contributed by atoms with van der Waals surface area (Å²) < 4.78 is 20.6. The summed E-state index contributed by atoms with van der Waals surface area (Å²) in [7, 11) is 1.68. The first-order valence-corrected chi connectivity index (χ1v) is 13.6. The van der Waals surface area contributed by atoms with E-state index in [4.69, 9.17) is 16.3 Å². The molecule has 38 heavy (non-hydrogen) atoms. The summed E-state index contributed by atoms with van der Waals surface area (Å²) >= 11 is 6.40. The summed E-state index contributed by atoms with van der Waals surface area (Å²) in [6.07, 6.45) is 2.10. The number of carbonyl (C=O) groups excluding carboxylic acids is 1. The van der Waals surface area contributed by atoms with Gasteiger partial charge < -0.3 is 24.0 Å². The maximum Gasteiger partial charge on any atom is 0.270 e. The van der Waals surface area contributed by atoms with E-state index in [2.05, 4.69) is 27.0 Å². The summed E-state index contributed by atoms with van der Waals surface area (Å²) in [5.74, 6) is -0.188. The van der Waals surface area contributed by atoms with Gasteiger partial charge in [-0.15, -0.1) is 0 Å². The van der Waals surface area contributed by atoms with Crippen molar-refractivity contribution in [1.82, 2.24) is 14.4 Å². The Balaban J connectivity index is 1.21. The zero-order valence-corrected chi connectivity index (χ0v) is 22.6. The Hall–Kier alpha value is -3.07. The van der Waals surface area contributed by atoms with Crippen molar-refractivity contribution < 1.29 is 13.9 Å². The van der Waals surface area contributed by atoms with Crippen molar-refractivity contribution in [2.24, 2.45) is 0 Å². The van der Waals surface area contributed by atoms with Crippen molar-refractivity contribution in [3.63, 3.8) is 0 Å². The molecule has 2 saturated heterocycles. The van der Waals surface area contributed by atoms with Crippen LogP contribution in [0.5, 0.6) is 0 Å². The van der Waals surface area contributed by atoms with E-state index in [-0.39, 0.29) is 11.7 Å². The first-order chi connectivity index (χ1) is 18.5. The predicted molar refractivity (Wildman–Crippen MR) is 150 cm³/mol. The molecule has 202 valence electrons. The zero-order chi connectivity index (χ0) is 26.5. The van der Waals surface area contributed by atoms with Crippen LogP contribution in [0.4, 0.5) is 15.8 Å². The molecule has 0 atom stereocenters. The second kappa shape index (κ2) is 12.2. The third-order valence-electron chi connectivity index (χ3n) is 7.44. The fraction of sp³-hybridized carbons (Fsp3) is 0.414. The number of methoxy groups -OCH3 is 1. The highest BCUT2D eigenvalue weighted by atomic mass is 35.5. The van der Waals surface area contributed by atoms with Crippen LogP contribution >= 0.6 is 11.6 Å². The maximum atomic E-state index is 13.6. The van der Waals surface area contributed by atoms with Crippen molar-refractivity contribution in [2.45, 2.75) is 13.1 Å². The van der Waals surface area contributed by atoms with Gasteiger partial charge >= 0.3 is 0 Å². The van der Waals surface area contributed by atoms with Gasteiger partial charge in [0.15, 0.2) is 0 Å². The number of piperazine rings is 2. The smallest absolute Gasteiger partial charge is 0.270 e. The molecule has 0 bridgehead atoms. The standard InChI is InChI=1S/C29H35ClFN5O2/c1-38-19-18-36-22-23(21-32-10-12-34(13-11-32)27-5-3-2-4-26(27)30)20-28(36)29(37)35-16-14-33(15-17-35)25-8-6-24(31)7-9-25/h2-9,20,22H,10-19,21H2,1H3. The average molecular weight is 540 g/mol. The Bertz CT molecular complexity index is 1220. The van der Waals surface area contributed by atoms with Gasteiger partial charge in [-0.25, -0.2) is 4.39 Å². The van der Waals surface area contributed by atoms with Crippen LogP contribution in [0.2, 0.25) is 5.02 Å². The van der Waals surface area contributed by atoms with Crippen LogP contribution in [0.3, 0.4) is 0 Å². The minimum Gasteiger partial charge on any atom is -0.383 e. The predicted octanol–water partition coefficient (Wildman–Crippen LogP) is 4.21. The van der Waals surface area contributed by atoms with Crippen molar-refractivity contribution in [3.8, 4) is 0 Å². The average Bonchev–Trinajstić information content (AvgIpc) is 3.35. The van der Waals surface area contributed by atoms with Gasteiger partial charge in [0.1, 0.15) is 11.5 Å². The van der Waals surface area contributed by atoms with Crippen LogP contribution in [0.15, 0.2) is 60.8 Å². The van der Waals surface area contributed by atoms with Crippen molar-refractivity contribution in [2.75, 3.05) is 75.9 Å². The van der Waals surface area contributed by atoms with Gasteiger partial charge in [0.25, 0.3) is 5.91 Å². The molecule has 2 aliphatic heterocycles. The molecular weight excluding hydrogens is 505 g/mol.